The van der Waals surface area contributed by atoms with Gasteiger partial charge in [-0.25, -0.2) is 4.39 Å². The Morgan fingerprint density at radius 2 is 1.94 bits per heavy atom. The normalized spacial score (nSPS) is 20.3. The van der Waals surface area contributed by atoms with Gasteiger partial charge in [0, 0.05) is 41.2 Å². The Hall–Kier alpha value is -2.64. The molecule has 0 aliphatic heterocycles. The number of rotatable bonds is 6. The minimum atomic E-state index is -0.334. The van der Waals surface area contributed by atoms with Crippen LogP contribution in [0.1, 0.15) is 54.6 Å². The topological polar surface area (TPSA) is 93.0 Å². The standard InChI is InChI=1S/C25H29FN4O2.ClH/c1-14-22(25(31)30-18-7-5-17(27)6-8-18)24-23(29-14)20(10-11-28-24)19-9-4-16(26)12-21(19)32-13-15-2-3-15;/h4,9-12,15,17-18,29H,2-3,5-8,13,27H2,1H3,(H,30,31);1H/t17-,18-;. The van der Waals surface area contributed by atoms with Gasteiger partial charge in [0.05, 0.1) is 17.7 Å². The number of hydrogen-bond acceptors (Lipinski definition) is 4. The lowest BCUT2D eigenvalue weighted by Gasteiger charge is -2.26. The summed E-state index contributed by atoms with van der Waals surface area (Å²) in [5.41, 5.74) is 10.3. The van der Waals surface area contributed by atoms with Crippen LogP contribution in [0, 0.1) is 18.7 Å². The van der Waals surface area contributed by atoms with Crippen LogP contribution in [-0.4, -0.2) is 34.6 Å². The van der Waals surface area contributed by atoms with Gasteiger partial charge in [0.1, 0.15) is 17.1 Å². The van der Waals surface area contributed by atoms with Gasteiger partial charge in [-0.05, 0) is 69.6 Å². The van der Waals surface area contributed by atoms with Crippen LogP contribution in [0.3, 0.4) is 0 Å². The summed E-state index contributed by atoms with van der Waals surface area (Å²) in [6.07, 6.45) is 7.64. The number of aromatic amines is 1. The third-order valence-electron chi connectivity index (χ3n) is 6.61. The fourth-order valence-electron chi connectivity index (χ4n) is 4.56. The number of amides is 1. The van der Waals surface area contributed by atoms with Crippen LogP contribution in [0.25, 0.3) is 22.2 Å². The van der Waals surface area contributed by atoms with E-state index < -0.39 is 0 Å². The van der Waals surface area contributed by atoms with Gasteiger partial charge in [-0.3, -0.25) is 9.78 Å². The van der Waals surface area contributed by atoms with Crippen molar-refractivity contribution in [1.29, 1.82) is 0 Å². The lowest BCUT2D eigenvalue weighted by molar-refractivity contribution is 0.0927. The molecule has 2 fully saturated rings. The summed E-state index contributed by atoms with van der Waals surface area (Å²) in [5.74, 6) is 0.616. The molecule has 8 heteroatoms. The van der Waals surface area contributed by atoms with Crippen LogP contribution < -0.4 is 15.8 Å². The van der Waals surface area contributed by atoms with Gasteiger partial charge in [0.15, 0.2) is 0 Å². The fraction of sp³-hybridized carbons (Fsp3) is 0.440. The molecule has 1 aromatic carbocycles. The summed E-state index contributed by atoms with van der Waals surface area (Å²) in [6, 6.07) is 6.83. The number of halogens is 2. The van der Waals surface area contributed by atoms with Crippen LogP contribution in [0.4, 0.5) is 4.39 Å². The maximum absolute atomic E-state index is 14.0. The van der Waals surface area contributed by atoms with Crippen LogP contribution in [0.2, 0.25) is 0 Å². The number of benzene rings is 1. The molecule has 33 heavy (non-hydrogen) atoms. The average molecular weight is 473 g/mol. The van der Waals surface area contributed by atoms with Crippen LogP contribution in [0.15, 0.2) is 30.5 Å². The number of aryl methyl sites for hydroxylation is 1. The molecular formula is C25H30ClFN4O2. The van der Waals surface area contributed by atoms with Crippen molar-refractivity contribution in [2.24, 2.45) is 11.7 Å². The number of nitrogens with one attached hydrogen (secondary N) is 2. The SMILES string of the molecule is Cc1[nH]c2c(-c3ccc(F)cc3OCC3CC3)ccnc2c1C(=O)N[C@H]1CC[C@H](N)CC1.Cl. The minimum Gasteiger partial charge on any atom is -0.493 e. The van der Waals surface area contributed by atoms with E-state index in [-0.39, 0.29) is 36.2 Å². The quantitative estimate of drug-likeness (QED) is 0.476. The smallest absolute Gasteiger partial charge is 0.255 e. The Morgan fingerprint density at radius 3 is 2.67 bits per heavy atom. The molecule has 2 saturated carbocycles. The zero-order chi connectivity index (χ0) is 22.2. The van der Waals surface area contributed by atoms with E-state index in [1.165, 1.54) is 12.1 Å². The number of nitrogens with zero attached hydrogens (tertiary/aromatic N) is 1. The predicted molar refractivity (Wildman–Crippen MR) is 129 cm³/mol. The molecular weight excluding hydrogens is 443 g/mol. The average Bonchev–Trinajstić information content (AvgIpc) is 3.54. The molecule has 2 heterocycles. The van der Waals surface area contributed by atoms with Crippen molar-refractivity contribution in [3.8, 4) is 16.9 Å². The molecule has 0 unspecified atom stereocenters. The van der Waals surface area contributed by atoms with Gasteiger partial charge in [-0.1, -0.05) is 0 Å². The first-order chi connectivity index (χ1) is 15.5. The van der Waals surface area contributed by atoms with E-state index in [1.54, 1.807) is 12.3 Å². The molecule has 0 saturated heterocycles. The highest BCUT2D eigenvalue weighted by Crippen LogP contribution is 2.38. The van der Waals surface area contributed by atoms with Gasteiger partial charge in [0.2, 0.25) is 0 Å². The molecule has 0 spiro atoms. The van der Waals surface area contributed by atoms with Gasteiger partial charge < -0.3 is 20.8 Å². The highest BCUT2D eigenvalue weighted by Gasteiger charge is 2.26. The highest BCUT2D eigenvalue weighted by molar-refractivity contribution is 6.09. The Balaban J connectivity index is 0.00000259. The first kappa shape index (κ1) is 23.5. The fourth-order valence-corrected chi connectivity index (χ4v) is 4.56. The monoisotopic (exact) mass is 472 g/mol. The number of pyridine rings is 1. The third-order valence-corrected chi connectivity index (χ3v) is 6.61. The summed E-state index contributed by atoms with van der Waals surface area (Å²) >= 11 is 0. The summed E-state index contributed by atoms with van der Waals surface area (Å²) in [7, 11) is 0. The summed E-state index contributed by atoms with van der Waals surface area (Å²) in [5, 5.41) is 3.16. The predicted octanol–water partition coefficient (Wildman–Crippen LogP) is 4.89. The Morgan fingerprint density at radius 1 is 1.18 bits per heavy atom. The van der Waals surface area contributed by atoms with E-state index >= 15 is 0 Å². The van der Waals surface area contributed by atoms with Crippen LogP contribution in [-0.2, 0) is 0 Å². The molecule has 0 radical (unpaired) electrons. The summed E-state index contributed by atoms with van der Waals surface area (Å²) < 4.78 is 20.0. The van der Waals surface area contributed by atoms with E-state index in [4.69, 9.17) is 10.5 Å². The second-order valence-corrected chi connectivity index (χ2v) is 9.19. The molecule has 3 aromatic rings. The molecule has 176 valence electrons. The number of carbonyl (C=O) groups excluding carboxylic acids is 1. The molecule has 5 rings (SSSR count). The van der Waals surface area contributed by atoms with Crippen molar-refractivity contribution in [3.63, 3.8) is 0 Å². The van der Waals surface area contributed by atoms with E-state index in [9.17, 15) is 9.18 Å². The number of carbonyl (C=O) groups is 1. The van der Waals surface area contributed by atoms with Crippen LogP contribution >= 0.6 is 12.4 Å². The van der Waals surface area contributed by atoms with Gasteiger partial charge >= 0.3 is 0 Å². The second kappa shape index (κ2) is 9.69. The second-order valence-electron chi connectivity index (χ2n) is 9.19. The van der Waals surface area contributed by atoms with Gasteiger partial charge in [-0.15, -0.1) is 12.4 Å². The Labute approximate surface area is 198 Å². The molecule has 1 amide bonds. The van der Waals surface area contributed by atoms with E-state index in [1.807, 2.05) is 13.0 Å². The number of aromatic nitrogens is 2. The van der Waals surface area contributed by atoms with Crippen LogP contribution in [0.5, 0.6) is 5.75 Å². The Bertz CT molecular complexity index is 1150. The molecule has 6 nitrogen and oxygen atoms in total. The maximum Gasteiger partial charge on any atom is 0.255 e. The zero-order valence-corrected chi connectivity index (χ0v) is 19.5. The molecule has 2 aromatic heterocycles. The number of fused-ring (bicyclic) bond motifs is 1. The third kappa shape index (κ3) is 4.99. The lowest BCUT2D eigenvalue weighted by atomic mass is 9.91. The summed E-state index contributed by atoms with van der Waals surface area (Å²) in [4.78, 5) is 21.0. The Kier molecular flexibility index (Phi) is 6.91. The van der Waals surface area contributed by atoms with E-state index in [2.05, 4.69) is 15.3 Å². The van der Waals surface area contributed by atoms with Crippen molar-refractivity contribution in [2.75, 3.05) is 6.61 Å². The van der Waals surface area contributed by atoms with Crippen molar-refractivity contribution in [3.05, 3.63) is 47.5 Å². The van der Waals surface area contributed by atoms with Gasteiger partial charge in [-0.2, -0.15) is 0 Å². The number of hydrogen-bond donors (Lipinski definition) is 3. The highest BCUT2D eigenvalue weighted by atomic mass is 35.5. The minimum absolute atomic E-state index is 0. The zero-order valence-electron chi connectivity index (χ0n) is 18.7. The van der Waals surface area contributed by atoms with Crippen molar-refractivity contribution in [1.82, 2.24) is 15.3 Å². The van der Waals surface area contributed by atoms with E-state index in [0.29, 0.717) is 29.4 Å². The first-order valence-corrected chi connectivity index (χ1v) is 11.5. The lowest BCUT2D eigenvalue weighted by Crippen LogP contribution is -2.40. The van der Waals surface area contributed by atoms with Crippen molar-refractivity contribution >= 4 is 29.3 Å². The molecule has 0 atom stereocenters. The molecule has 4 N–H and O–H groups in total. The largest absolute Gasteiger partial charge is 0.493 e. The van der Waals surface area contributed by atoms with Crippen molar-refractivity contribution in [2.45, 2.75) is 57.5 Å². The molecule has 0 bridgehead atoms. The number of H-pyrrole nitrogens is 1. The maximum atomic E-state index is 14.0. The van der Waals surface area contributed by atoms with Gasteiger partial charge in [0.25, 0.3) is 5.91 Å². The van der Waals surface area contributed by atoms with E-state index in [0.717, 1.165) is 60.9 Å². The van der Waals surface area contributed by atoms with Crippen molar-refractivity contribution < 1.29 is 13.9 Å². The molecule has 2 aliphatic carbocycles. The number of nitrogens with two attached hydrogens (primary N) is 1. The number of ether oxygens (including phenoxy) is 1. The summed E-state index contributed by atoms with van der Waals surface area (Å²) in [6.45, 7) is 2.47. The molecule has 2 aliphatic rings. The first-order valence-electron chi connectivity index (χ1n) is 11.5.